The zero-order chi connectivity index (χ0) is 16.6. The van der Waals surface area contributed by atoms with Gasteiger partial charge in [0.25, 0.3) is 0 Å². The van der Waals surface area contributed by atoms with Crippen LogP contribution in [0.1, 0.15) is 25.7 Å². The lowest BCUT2D eigenvalue weighted by molar-refractivity contribution is -0.113. The number of aromatic nitrogens is 1. The van der Waals surface area contributed by atoms with Gasteiger partial charge in [-0.15, -0.1) is 0 Å². The summed E-state index contributed by atoms with van der Waals surface area (Å²) in [6, 6.07) is 13.9. The number of pyridine rings is 1. The van der Waals surface area contributed by atoms with E-state index in [1.807, 2.05) is 30.3 Å². The number of thioether (sulfide) groups is 1. The number of anilines is 2. The van der Waals surface area contributed by atoms with Crippen LogP contribution in [0.25, 0.3) is 0 Å². The molecule has 0 saturated carbocycles. The van der Waals surface area contributed by atoms with E-state index in [2.05, 4.69) is 27.3 Å². The number of carbonyl (C=O) groups excluding carboxylic acids is 1. The third kappa shape index (κ3) is 4.99. The van der Waals surface area contributed by atoms with Crippen molar-refractivity contribution in [3.05, 3.63) is 48.7 Å². The molecule has 1 fully saturated rings. The van der Waals surface area contributed by atoms with E-state index in [1.54, 1.807) is 6.20 Å². The number of rotatable bonds is 5. The van der Waals surface area contributed by atoms with Crippen molar-refractivity contribution in [2.24, 2.45) is 0 Å². The zero-order valence-electron chi connectivity index (χ0n) is 13.8. The fourth-order valence-electron chi connectivity index (χ4n) is 2.85. The Labute approximate surface area is 147 Å². The molecule has 0 unspecified atom stereocenters. The van der Waals surface area contributed by atoms with Gasteiger partial charge in [0, 0.05) is 30.7 Å². The van der Waals surface area contributed by atoms with Gasteiger partial charge in [-0.3, -0.25) is 4.79 Å². The first-order chi connectivity index (χ1) is 11.8. The summed E-state index contributed by atoms with van der Waals surface area (Å²) in [5.74, 6) is 0.360. The minimum absolute atomic E-state index is 0.00632. The maximum absolute atomic E-state index is 12.0. The van der Waals surface area contributed by atoms with Crippen molar-refractivity contribution in [1.29, 1.82) is 0 Å². The quantitative estimate of drug-likeness (QED) is 0.828. The van der Waals surface area contributed by atoms with Crippen molar-refractivity contribution in [1.82, 2.24) is 4.98 Å². The second-order valence-corrected chi connectivity index (χ2v) is 6.95. The van der Waals surface area contributed by atoms with E-state index < -0.39 is 0 Å². The van der Waals surface area contributed by atoms with E-state index in [4.69, 9.17) is 0 Å². The number of carbonyl (C=O) groups is 1. The molecular formula is C19H23N3OS. The topological polar surface area (TPSA) is 45.2 Å². The first-order valence-corrected chi connectivity index (χ1v) is 9.48. The molecule has 5 heteroatoms. The molecule has 24 heavy (non-hydrogen) atoms. The van der Waals surface area contributed by atoms with Gasteiger partial charge in [0.05, 0.1) is 10.8 Å². The third-order valence-electron chi connectivity index (χ3n) is 4.11. The highest BCUT2D eigenvalue weighted by Gasteiger charge is 2.10. The molecule has 0 radical (unpaired) electrons. The second-order valence-electron chi connectivity index (χ2n) is 5.95. The number of amides is 1. The number of benzene rings is 1. The van der Waals surface area contributed by atoms with Crippen LogP contribution in [-0.4, -0.2) is 29.7 Å². The number of hydrogen-bond donors (Lipinski definition) is 1. The van der Waals surface area contributed by atoms with E-state index in [0.717, 1.165) is 23.8 Å². The van der Waals surface area contributed by atoms with Gasteiger partial charge in [0.15, 0.2) is 0 Å². The lowest BCUT2D eigenvalue weighted by Gasteiger charge is -2.22. The Morgan fingerprint density at radius 3 is 2.46 bits per heavy atom. The number of nitrogens with one attached hydrogen (secondary N) is 1. The highest BCUT2D eigenvalue weighted by molar-refractivity contribution is 7.99. The van der Waals surface area contributed by atoms with E-state index in [-0.39, 0.29) is 5.91 Å². The Morgan fingerprint density at radius 2 is 1.79 bits per heavy atom. The SMILES string of the molecule is O=C(CSc1ccccn1)Nc1ccc(N2CCCCCC2)cc1. The van der Waals surface area contributed by atoms with E-state index in [0.29, 0.717) is 5.75 Å². The predicted octanol–water partition coefficient (Wildman–Crippen LogP) is 4.19. The van der Waals surface area contributed by atoms with Gasteiger partial charge >= 0.3 is 0 Å². The minimum Gasteiger partial charge on any atom is -0.372 e. The molecule has 1 aliphatic heterocycles. The number of nitrogens with zero attached hydrogens (tertiary/aromatic N) is 2. The maximum Gasteiger partial charge on any atom is 0.234 e. The largest absolute Gasteiger partial charge is 0.372 e. The van der Waals surface area contributed by atoms with Crippen LogP contribution in [-0.2, 0) is 4.79 Å². The molecule has 1 aliphatic rings. The highest BCUT2D eigenvalue weighted by Crippen LogP contribution is 2.22. The molecule has 1 saturated heterocycles. The van der Waals surface area contributed by atoms with E-state index >= 15 is 0 Å². The normalized spacial score (nSPS) is 14.9. The van der Waals surface area contributed by atoms with Crippen molar-refractivity contribution in [2.75, 3.05) is 29.1 Å². The summed E-state index contributed by atoms with van der Waals surface area (Å²) in [6.45, 7) is 2.26. The van der Waals surface area contributed by atoms with Crippen molar-refractivity contribution in [2.45, 2.75) is 30.7 Å². The first-order valence-electron chi connectivity index (χ1n) is 8.50. The molecule has 2 heterocycles. The molecule has 2 aromatic rings. The van der Waals surface area contributed by atoms with Gasteiger partial charge in [-0.05, 0) is 49.2 Å². The van der Waals surface area contributed by atoms with Gasteiger partial charge in [0.2, 0.25) is 5.91 Å². The first kappa shape index (κ1) is 16.8. The molecule has 1 N–H and O–H groups in total. The second kappa shape index (κ2) is 8.73. The van der Waals surface area contributed by atoms with E-state index in [9.17, 15) is 4.79 Å². The highest BCUT2D eigenvalue weighted by atomic mass is 32.2. The molecule has 0 aliphatic carbocycles. The van der Waals surface area contributed by atoms with Crippen molar-refractivity contribution < 1.29 is 4.79 Å². The Hall–Kier alpha value is -2.01. The Balaban J connectivity index is 1.51. The lowest BCUT2D eigenvalue weighted by Crippen LogP contribution is -2.23. The van der Waals surface area contributed by atoms with Crippen LogP contribution in [0.5, 0.6) is 0 Å². The molecule has 126 valence electrons. The van der Waals surface area contributed by atoms with Gasteiger partial charge in [-0.1, -0.05) is 30.7 Å². The Bertz CT molecular complexity index is 637. The zero-order valence-corrected chi connectivity index (χ0v) is 14.6. The summed E-state index contributed by atoms with van der Waals surface area (Å²) in [5.41, 5.74) is 2.10. The lowest BCUT2D eigenvalue weighted by atomic mass is 10.2. The van der Waals surface area contributed by atoms with Crippen molar-refractivity contribution in [3.8, 4) is 0 Å². The Kier molecular flexibility index (Phi) is 6.13. The molecular weight excluding hydrogens is 318 g/mol. The molecule has 1 amide bonds. The summed E-state index contributed by atoms with van der Waals surface area (Å²) in [5, 5.41) is 3.81. The average molecular weight is 341 g/mol. The summed E-state index contributed by atoms with van der Waals surface area (Å²) >= 11 is 1.44. The summed E-state index contributed by atoms with van der Waals surface area (Å²) in [7, 11) is 0. The smallest absolute Gasteiger partial charge is 0.234 e. The fraction of sp³-hybridized carbons (Fsp3) is 0.368. The molecule has 3 rings (SSSR count). The van der Waals surface area contributed by atoms with Crippen LogP contribution in [0.2, 0.25) is 0 Å². The van der Waals surface area contributed by atoms with Crippen molar-refractivity contribution in [3.63, 3.8) is 0 Å². The van der Waals surface area contributed by atoms with Crippen LogP contribution >= 0.6 is 11.8 Å². The van der Waals surface area contributed by atoms with E-state index in [1.165, 1.54) is 43.1 Å². The molecule has 4 nitrogen and oxygen atoms in total. The molecule has 0 spiro atoms. The number of hydrogen-bond acceptors (Lipinski definition) is 4. The van der Waals surface area contributed by atoms with Crippen LogP contribution in [0.4, 0.5) is 11.4 Å². The van der Waals surface area contributed by atoms with Crippen LogP contribution in [0.3, 0.4) is 0 Å². The fourth-order valence-corrected chi connectivity index (χ4v) is 3.51. The summed E-state index contributed by atoms with van der Waals surface area (Å²) in [4.78, 5) is 18.7. The van der Waals surface area contributed by atoms with Crippen molar-refractivity contribution >= 4 is 29.0 Å². The molecule has 1 aromatic heterocycles. The third-order valence-corrected chi connectivity index (χ3v) is 5.05. The average Bonchev–Trinajstić information content (AvgIpc) is 2.91. The van der Waals surface area contributed by atoms with Gasteiger partial charge < -0.3 is 10.2 Å². The summed E-state index contributed by atoms with van der Waals surface area (Å²) < 4.78 is 0. The van der Waals surface area contributed by atoms with Gasteiger partial charge in [0.1, 0.15) is 0 Å². The minimum atomic E-state index is -0.00632. The molecule has 0 atom stereocenters. The maximum atomic E-state index is 12.0. The Morgan fingerprint density at radius 1 is 1.04 bits per heavy atom. The molecule has 1 aromatic carbocycles. The monoisotopic (exact) mass is 341 g/mol. The van der Waals surface area contributed by atoms with Crippen LogP contribution in [0.15, 0.2) is 53.7 Å². The standard InChI is InChI=1S/C19H23N3OS/c23-18(15-24-19-7-3-4-12-20-19)21-16-8-10-17(11-9-16)22-13-5-1-2-6-14-22/h3-4,7-12H,1-2,5-6,13-15H2,(H,21,23). The predicted molar refractivity (Wildman–Crippen MR) is 101 cm³/mol. The summed E-state index contributed by atoms with van der Waals surface area (Å²) in [6.07, 6.45) is 6.94. The van der Waals surface area contributed by atoms with Gasteiger partial charge in [-0.2, -0.15) is 0 Å². The van der Waals surface area contributed by atoms with Crippen LogP contribution in [0, 0.1) is 0 Å². The molecule has 0 bridgehead atoms. The van der Waals surface area contributed by atoms with Gasteiger partial charge in [-0.25, -0.2) is 4.98 Å². The van der Waals surface area contributed by atoms with Crippen LogP contribution < -0.4 is 10.2 Å².